The van der Waals surface area contributed by atoms with Crippen molar-refractivity contribution in [2.24, 2.45) is 4.99 Å². The number of pyridine rings is 1. The van der Waals surface area contributed by atoms with Gasteiger partial charge in [0.15, 0.2) is 0 Å². The highest BCUT2D eigenvalue weighted by molar-refractivity contribution is 6.09. The van der Waals surface area contributed by atoms with Crippen LogP contribution in [0.3, 0.4) is 0 Å². The van der Waals surface area contributed by atoms with Crippen LogP contribution in [0.25, 0.3) is 5.57 Å². The molecule has 0 N–H and O–H groups in total. The predicted molar refractivity (Wildman–Crippen MR) is 87.9 cm³/mol. The van der Waals surface area contributed by atoms with E-state index < -0.39 is 0 Å². The fourth-order valence-corrected chi connectivity index (χ4v) is 1.79. The van der Waals surface area contributed by atoms with Crippen molar-refractivity contribution in [1.29, 1.82) is 5.26 Å². The van der Waals surface area contributed by atoms with Gasteiger partial charge in [-0.2, -0.15) is 5.26 Å². The Kier molecular flexibility index (Phi) is 8.42. The molecule has 0 aliphatic heterocycles. The summed E-state index contributed by atoms with van der Waals surface area (Å²) in [5, 5.41) is 8.74. The van der Waals surface area contributed by atoms with Gasteiger partial charge in [-0.15, -0.1) is 6.58 Å². The molecule has 0 unspecified atom stereocenters. The molecule has 0 fully saturated rings. The largest absolute Gasteiger partial charge is 0.284 e. The number of hydrogen-bond donors (Lipinski definition) is 0. The van der Waals surface area contributed by atoms with E-state index in [0.717, 1.165) is 30.6 Å². The third kappa shape index (κ3) is 6.64. The summed E-state index contributed by atoms with van der Waals surface area (Å²) >= 11 is 0. The number of allylic oxidation sites excluding steroid dienone is 2. The lowest BCUT2D eigenvalue weighted by molar-refractivity contribution is 0.304. The Bertz CT molecular complexity index is 511. The molecule has 0 amide bonds. The van der Waals surface area contributed by atoms with Crippen LogP contribution < -0.4 is 0 Å². The smallest absolute Gasteiger partial charge is 0.0909 e. The lowest BCUT2D eigenvalue weighted by Crippen LogP contribution is -2.24. The van der Waals surface area contributed by atoms with E-state index in [9.17, 15) is 0 Å². The van der Waals surface area contributed by atoms with Gasteiger partial charge in [-0.05, 0) is 24.6 Å². The van der Waals surface area contributed by atoms with E-state index in [1.165, 1.54) is 0 Å². The van der Waals surface area contributed by atoms with Crippen molar-refractivity contribution in [3.8, 4) is 6.07 Å². The first-order valence-electron chi connectivity index (χ1n) is 7.12. The van der Waals surface area contributed by atoms with Crippen molar-refractivity contribution in [1.82, 2.24) is 9.88 Å². The zero-order valence-corrected chi connectivity index (χ0v) is 12.6. The molecular weight excluding hydrogens is 260 g/mol. The third-order valence-corrected chi connectivity index (χ3v) is 3.02. The van der Waals surface area contributed by atoms with E-state index >= 15 is 0 Å². The van der Waals surface area contributed by atoms with Gasteiger partial charge in [-0.3, -0.25) is 14.9 Å². The molecule has 0 spiro atoms. The van der Waals surface area contributed by atoms with E-state index in [-0.39, 0.29) is 0 Å². The number of nitrogens with zero attached hydrogens (tertiary/aromatic N) is 4. The van der Waals surface area contributed by atoms with Crippen LogP contribution in [-0.4, -0.2) is 35.9 Å². The van der Waals surface area contributed by atoms with Gasteiger partial charge >= 0.3 is 0 Å². The van der Waals surface area contributed by atoms with E-state index in [4.69, 9.17) is 5.26 Å². The maximum absolute atomic E-state index is 8.74. The zero-order valence-electron chi connectivity index (χ0n) is 12.6. The quantitative estimate of drug-likeness (QED) is 0.516. The Morgan fingerprint density at radius 2 is 2.43 bits per heavy atom. The second kappa shape index (κ2) is 10.5. The molecule has 0 aliphatic rings. The van der Waals surface area contributed by atoms with Crippen LogP contribution in [0.1, 0.15) is 25.3 Å². The predicted octanol–water partition coefficient (Wildman–Crippen LogP) is 3.30. The molecular formula is C17H22N4. The van der Waals surface area contributed by atoms with Gasteiger partial charge < -0.3 is 0 Å². The molecule has 0 saturated heterocycles. The fraction of sp³-hybridized carbons (Fsp3) is 0.353. The molecule has 0 saturated carbocycles. The average Bonchev–Trinajstić information content (AvgIpc) is 2.54. The SMILES string of the molecule is C=CCCN(CC)CN=C/C(=C\CC#N)c1cccnc1. The highest BCUT2D eigenvalue weighted by Crippen LogP contribution is 2.11. The minimum absolute atomic E-state index is 0.365. The van der Waals surface area contributed by atoms with Crippen LogP contribution in [-0.2, 0) is 0 Å². The normalized spacial score (nSPS) is 11.8. The van der Waals surface area contributed by atoms with Crippen molar-refractivity contribution >= 4 is 11.8 Å². The van der Waals surface area contributed by atoms with Crippen molar-refractivity contribution in [2.45, 2.75) is 19.8 Å². The zero-order chi connectivity index (χ0) is 15.3. The summed E-state index contributed by atoms with van der Waals surface area (Å²) in [6, 6.07) is 5.98. The summed E-state index contributed by atoms with van der Waals surface area (Å²) < 4.78 is 0. The summed E-state index contributed by atoms with van der Waals surface area (Å²) in [6.07, 6.45) is 10.5. The lowest BCUT2D eigenvalue weighted by Gasteiger charge is -2.16. The highest BCUT2D eigenvalue weighted by Gasteiger charge is 2.00. The van der Waals surface area contributed by atoms with E-state index in [1.807, 2.05) is 30.5 Å². The molecule has 4 nitrogen and oxygen atoms in total. The van der Waals surface area contributed by atoms with Gasteiger partial charge in [0.25, 0.3) is 0 Å². The number of nitriles is 1. The Morgan fingerprint density at radius 3 is 3.05 bits per heavy atom. The van der Waals surface area contributed by atoms with E-state index in [1.54, 1.807) is 12.4 Å². The molecule has 0 aliphatic carbocycles. The molecule has 4 heteroatoms. The number of rotatable bonds is 9. The number of aliphatic imine (C=N–C) groups is 1. The third-order valence-electron chi connectivity index (χ3n) is 3.02. The van der Waals surface area contributed by atoms with Gasteiger partial charge in [0.2, 0.25) is 0 Å². The van der Waals surface area contributed by atoms with E-state index in [0.29, 0.717) is 13.1 Å². The summed E-state index contributed by atoms with van der Waals surface area (Å²) in [4.78, 5) is 10.8. The second-order valence-electron chi connectivity index (χ2n) is 4.50. The maximum Gasteiger partial charge on any atom is 0.0909 e. The minimum Gasteiger partial charge on any atom is -0.284 e. The molecule has 0 radical (unpaired) electrons. The molecule has 0 atom stereocenters. The Hall–Kier alpha value is -2.25. The summed E-state index contributed by atoms with van der Waals surface area (Å²) in [6.45, 7) is 8.42. The fourth-order valence-electron chi connectivity index (χ4n) is 1.79. The minimum atomic E-state index is 0.365. The topological polar surface area (TPSA) is 52.3 Å². The summed E-state index contributed by atoms with van der Waals surface area (Å²) in [5.74, 6) is 0. The van der Waals surface area contributed by atoms with Crippen LogP contribution >= 0.6 is 0 Å². The molecule has 110 valence electrons. The molecule has 1 heterocycles. The Labute approximate surface area is 127 Å². The van der Waals surface area contributed by atoms with Crippen LogP contribution in [0.15, 0.2) is 48.2 Å². The average molecular weight is 282 g/mol. The molecule has 0 aromatic carbocycles. The van der Waals surface area contributed by atoms with Crippen LogP contribution in [0.4, 0.5) is 0 Å². The summed E-state index contributed by atoms with van der Waals surface area (Å²) in [5.41, 5.74) is 1.91. The number of aromatic nitrogens is 1. The van der Waals surface area contributed by atoms with Crippen LogP contribution in [0, 0.1) is 11.3 Å². The Balaban J connectivity index is 2.71. The molecule has 1 rings (SSSR count). The molecule has 1 aromatic rings. The standard InChI is InChI=1S/C17H22N4/c1-3-5-12-21(4-2)15-20-14-16(8-6-10-18)17-9-7-11-19-13-17/h3,7-9,11,13-14H,1,4-6,12,15H2,2H3/b16-8+,20-14?. The van der Waals surface area contributed by atoms with Crippen LogP contribution in [0.2, 0.25) is 0 Å². The van der Waals surface area contributed by atoms with Gasteiger partial charge in [0.1, 0.15) is 0 Å². The van der Waals surface area contributed by atoms with Crippen molar-refractivity contribution in [2.75, 3.05) is 19.8 Å². The number of hydrogen-bond acceptors (Lipinski definition) is 4. The van der Waals surface area contributed by atoms with Crippen LogP contribution in [0.5, 0.6) is 0 Å². The monoisotopic (exact) mass is 282 g/mol. The van der Waals surface area contributed by atoms with Gasteiger partial charge in [0, 0.05) is 30.7 Å². The Morgan fingerprint density at radius 1 is 1.57 bits per heavy atom. The maximum atomic E-state index is 8.74. The van der Waals surface area contributed by atoms with Gasteiger partial charge in [0.05, 0.1) is 19.2 Å². The first kappa shape index (κ1) is 16.8. The molecule has 0 bridgehead atoms. The summed E-state index contributed by atoms with van der Waals surface area (Å²) in [7, 11) is 0. The van der Waals surface area contributed by atoms with Crippen molar-refractivity contribution in [3.63, 3.8) is 0 Å². The van der Waals surface area contributed by atoms with Gasteiger partial charge in [-0.25, -0.2) is 0 Å². The molecule has 21 heavy (non-hydrogen) atoms. The highest BCUT2D eigenvalue weighted by atomic mass is 15.2. The molecule has 1 aromatic heterocycles. The lowest BCUT2D eigenvalue weighted by atomic mass is 10.1. The second-order valence-corrected chi connectivity index (χ2v) is 4.50. The first-order chi connectivity index (χ1) is 10.3. The van der Waals surface area contributed by atoms with Gasteiger partial charge in [-0.1, -0.05) is 25.1 Å². The van der Waals surface area contributed by atoms with Crippen molar-refractivity contribution in [3.05, 3.63) is 48.8 Å². The first-order valence-corrected chi connectivity index (χ1v) is 7.12. The van der Waals surface area contributed by atoms with E-state index in [2.05, 4.69) is 34.4 Å². The van der Waals surface area contributed by atoms with Crippen molar-refractivity contribution < 1.29 is 0 Å².